The van der Waals surface area contributed by atoms with Crippen LogP contribution in [-0.2, 0) is 16.0 Å². The van der Waals surface area contributed by atoms with Crippen LogP contribution in [0.2, 0.25) is 0 Å². The Bertz CT molecular complexity index is 606. The summed E-state index contributed by atoms with van der Waals surface area (Å²) < 4.78 is 1.42. The number of aliphatic carboxylic acids is 1. The predicted octanol–water partition coefficient (Wildman–Crippen LogP) is -0.452. The Hall–Kier alpha value is -2.18. The van der Waals surface area contributed by atoms with Crippen LogP contribution < -0.4 is 11.0 Å². The van der Waals surface area contributed by atoms with Gasteiger partial charge in [0.15, 0.2) is 0 Å². The van der Waals surface area contributed by atoms with E-state index in [4.69, 9.17) is 5.11 Å². The number of hydrogen-bond donors (Lipinski definition) is 2. The summed E-state index contributed by atoms with van der Waals surface area (Å²) in [5.74, 6) is -1.09. The largest absolute Gasteiger partial charge is 0.481 e. The first-order valence-electron chi connectivity index (χ1n) is 5.97. The van der Waals surface area contributed by atoms with Crippen molar-refractivity contribution < 1.29 is 14.7 Å². The predicted molar refractivity (Wildman–Crippen MR) is 66.0 cm³/mol. The molecule has 7 nitrogen and oxygen atoms in total. The minimum absolute atomic E-state index is 0.114. The molecule has 0 aromatic carbocycles. The van der Waals surface area contributed by atoms with E-state index in [1.54, 1.807) is 13.8 Å². The fourth-order valence-electron chi connectivity index (χ4n) is 2.43. The molecule has 1 aliphatic rings. The van der Waals surface area contributed by atoms with Gasteiger partial charge in [-0.1, -0.05) is 0 Å². The molecule has 1 fully saturated rings. The molecule has 0 spiro atoms. The van der Waals surface area contributed by atoms with E-state index in [2.05, 4.69) is 10.3 Å². The Morgan fingerprint density at radius 3 is 2.68 bits per heavy atom. The molecule has 1 unspecified atom stereocenters. The molecule has 1 aromatic heterocycles. The Labute approximate surface area is 109 Å². The van der Waals surface area contributed by atoms with E-state index in [0.717, 1.165) is 0 Å². The van der Waals surface area contributed by atoms with Gasteiger partial charge in [0.2, 0.25) is 5.91 Å². The van der Waals surface area contributed by atoms with Crippen molar-refractivity contribution in [2.75, 3.05) is 6.54 Å². The molecule has 19 heavy (non-hydrogen) atoms. The minimum atomic E-state index is -0.973. The lowest BCUT2D eigenvalue weighted by Gasteiger charge is -2.18. The summed E-state index contributed by atoms with van der Waals surface area (Å²) in [6.45, 7) is 3.68. The number of nitrogens with zero attached hydrogens (tertiary/aromatic N) is 2. The van der Waals surface area contributed by atoms with Gasteiger partial charge in [-0.15, -0.1) is 0 Å². The number of nitrogens with one attached hydrogen (secondary N) is 1. The van der Waals surface area contributed by atoms with Crippen LogP contribution in [0.1, 0.15) is 29.4 Å². The van der Waals surface area contributed by atoms with Crippen LogP contribution in [0.5, 0.6) is 0 Å². The Morgan fingerprint density at radius 1 is 1.47 bits per heavy atom. The fraction of sp³-hybridized carbons (Fsp3) is 0.500. The highest BCUT2D eigenvalue weighted by Crippen LogP contribution is 2.19. The third kappa shape index (κ3) is 2.49. The second-order valence-electron chi connectivity index (χ2n) is 4.65. The van der Waals surface area contributed by atoms with E-state index >= 15 is 0 Å². The zero-order valence-corrected chi connectivity index (χ0v) is 10.8. The van der Waals surface area contributed by atoms with Crippen LogP contribution in [0, 0.1) is 13.8 Å². The molecule has 1 aliphatic heterocycles. The Kier molecular flexibility index (Phi) is 3.37. The first-order chi connectivity index (χ1) is 8.90. The van der Waals surface area contributed by atoms with E-state index in [0.29, 0.717) is 23.5 Å². The van der Waals surface area contributed by atoms with E-state index in [9.17, 15) is 14.4 Å². The van der Waals surface area contributed by atoms with Gasteiger partial charge in [-0.05, 0) is 13.8 Å². The topological polar surface area (TPSA) is 101 Å². The Morgan fingerprint density at radius 2 is 2.16 bits per heavy atom. The van der Waals surface area contributed by atoms with Gasteiger partial charge in [-0.25, -0.2) is 4.79 Å². The third-order valence-electron chi connectivity index (χ3n) is 3.35. The molecule has 1 aromatic rings. The van der Waals surface area contributed by atoms with Gasteiger partial charge in [-0.3, -0.25) is 14.2 Å². The number of carboxylic acids is 1. The van der Waals surface area contributed by atoms with Gasteiger partial charge in [0.25, 0.3) is 0 Å². The van der Waals surface area contributed by atoms with Crippen molar-refractivity contribution in [1.29, 1.82) is 0 Å². The third-order valence-corrected chi connectivity index (χ3v) is 3.35. The van der Waals surface area contributed by atoms with Crippen LogP contribution in [-0.4, -0.2) is 33.1 Å². The van der Waals surface area contributed by atoms with Crippen molar-refractivity contribution in [2.24, 2.45) is 0 Å². The number of aryl methyl sites for hydroxylation is 1. The molecule has 1 atom stereocenters. The number of hydrogen-bond acceptors (Lipinski definition) is 4. The van der Waals surface area contributed by atoms with Crippen molar-refractivity contribution >= 4 is 11.9 Å². The summed E-state index contributed by atoms with van der Waals surface area (Å²) in [4.78, 5) is 37.9. The van der Waals surface area contributed by atoms with Crippen molar-refractivity contribution in [3.05, 3.63) is 27.4 Å². The standard InChI is InChI=1S/C12H15N3O4/c1-6-9(4-11(17)18)7(2)15(12(19)14-6)8-3-10(16)13-5-8/h8H,3-5H2,1-2H3,(H,13,16)(H,17,18). The Balaban J connectivity index is 2.51. The molecule has 2 N–H and O–H groups in total. The molecule has 2 rings (SSSR count). The lowest BCUT2D eigenvalue weighted by Crippen LogP contribution is -2.32. The first kappa shape index (κ1) is 13.3. The normalized spacial score (nSPS) is 18.4. The number of carbonyl (C=O) groups excluding carboxylic acids is 1. The van der Waals surface area contributed by atoms with Crippen molar-refractivity contribution in [1.82, 2.24) is 14.9 Å². The van der Waals surface area contributed by atoms with E-state index in [1.807, 2.05) is 0 Å². The maximum absolute atomic E-state index is 12.0. The van der Waals surface area contributed by atoms with E-state index < -0.39 is 11.7 Å². The summed E-state index contributed by atoms with van der Waals surface area (Å²) in [6, 6.07) is -0.291. The second kappa shape index (κ2) is 4.83. The maximum Gasteiger partial charge on any atom is 0.348 e. The lowest BCUT2D eigenvalue weighted by atomic mass is 10.1. The lowest BCUT2D eigenvalue weighted by molar-refractivity contribution is -0.136. The van der Waals surface area contributed by atoms with Crippen LogP contribution in [0.3, 0.4) is 0 Å². The number of rotatable bonds is 3. The molecule has 102 valence electrons. The molecule has 0 saturated carbocycles. The van der Waals surface area contributed by atoms with Crippen LogP contribution >= 0.6 is 0 Å². The quantitative estimate of drug-likeness (QED) is 0.770. The zero-order chi connectivity index (χ0) is 14.2. The van der Waals surface area contributed by atoms with Gasteiger partial charge >= 0.3 is 11.7 Å². The molecule has 1 saturated heterocycles. The molecule has 0 aliphatic carbocycles. The van der Waals surface area contributed by atoms with E-state index in [-0.39, 0.29) is 24.8 Å². The maximum atomic E-state index is 12.0. The number of aromatic nitrogens is 2. The molecule has 1 amide bonds. The molecular formula is C12H15N3O4. The smallest absolute Gasteiger partial charge is 0.348 e. The van der Waals surface area contributed by atoms with E-state index in [1.165, 1.54) is 4.57 Å². The molecule has 0 radical (unpaired) electrons. The minimum Gasteiger partial charge on any atom is -0.481 e. The summed E-state index contributed by atoms with van der Waals surface area (Å²) in [6.07, 6.45) is 0.0387. The van der Waals surface area contributed by atoms with Gasteiger partial charge in [0.1, 0.15) is 0 Å². The second-order valence-corrected chi connectivity index (χ2v) is 4.65. The zero-order valence-electron chi connectivity index (χ0n) is 10.8. The summed E-state index contributed by atoms with van der Waals surface area (Å²) >= 11 is 0. The van der Waals surface area contributed by atoms with Crippen LogP contribution in [0.15, 0.2) is 4.79 Å². The molecule has 2 heterocycles. The number of amides is 1. The van der Waals surface area contributed by atoms with Gasteiger partial charge < -0.3 is 10.4 Å². The summed E-state index contributed by atoms with van der Waals surface area (Å²) in [5.41, 5.74) is 1.09. The number of carbonyl (C=O) groups is 2. The molecule has 7 heteroatoms. The van der Waals surface area contributed by atoms with Gasteiger partial charge in [0.05, 0.1) is 12.5 Å². The highest BCUT2D eigenvalue weighted by Gasteiger charge is 2.27. The number of carboxylic acid groups (broad SMARTS) is 1. The average Bonchev–Trinajstić information content (AvgIpc) is 2.70. The van der Waals surface area contributed by atoms with Gasteiger partial charge in [0, 0.05) is 29.9 Å². The highest BCUT2D eigenvalue weighted by molar-refractivity contribution is 5.78. The SMILES string of the molecule is Cc1nc(=O)n(C2CNC(=O)C2)c(C)c1CC(=O)O. The highest BCUT2D eigenvalue weighted by atomic mass is 16.4. The van der Waals surface area contributed by atoms with Crippen LogP contribution in [0.25, 0.3) is 0 Å². The van der Waals surface area contributed by atoms with Crippen molar-refractivity contribution in [2.45, 2.75) is 32.7 Å². The monoisotopic (exact) mass is 265 g/mol. The van der Waals surface area contributed by atoms with Crippen LogP contribution in [0.4, 0.5) is 0 Å². The fourth-order valence-corrected chi connectivity index (χ4v) is 2.43. The van der Waals surface area contributed by atoms with Crippen molar-refractivity contribution in [3.63, 3.8) is 0 Å². The van der Waals surface area contributed by atoms with Gasteiger partial charge in [-0.2, -0.15) is 4.98 Å². The van der Waals surface area contributed by atoms with Crippen molar-refractivity contribution in [3.8, 4) is 0 Å². The summed E-state index contributed by atoms with van der Waals surface area (Å²) in [5, 5.41) is 11.6. The first-order valence-corrected chi connectivity index (χ1v) is 5.97. The average molecular weight is 265 g/mol. The molecule has 0 bridgehead atoms. The summed E-state index contributed by atoms with van der Waals surface area (Å²) in [7, 11) is 0. The molecular weight excluding hydrogens is 250 g/mol.